The maximum atomic E-state index is 8.41. The van der Waals surface area contributed by atoms with Crippen molar-refractivity contribution in [2.24, 2.45) is 0 Å². The van der Waals surface area contributed by atoms with Gasteiger partial charge in [0.25, 0.3) is 0 Å². The van der Waals surface area contributed by atoms with Gasteiger partial charge in [0.1, 0.15) is 4.83 Å². The summed E-state index contributed by atoms with van der Waals surface area (Å²) in [6.45, 7) is -0.0243. The van der Waals surface area contributed by atoms with E-state index in [1.54, 1.807) is 0 Å². The number of rotatable bonds is 2. The van der Waals surface area contributed by atoms with Gasteiger partial charge in [0, 0.05) is 0 Å². The summed E-state index contributed by atoms with van der Waals surface area (Å²) in [4.78, 5) is -0.458. The van der Waals surface area contributed by atoms with Crippen molar-refractivity contribution in [3.63, 3.8) is 0 Å². The maximum absolute atomic E-state index is 8.41. The average Bonchev–Trinajstić information content (AvgIpc) is 1.84. The highest BCUT2D eigenvalue weighted by Crippen LogP contribution is 2.11. The molecule has 0 saturated heterocycles. The topological polar surface area (TPSA) is 44.0 Å². The zero-order chi connectivity index (χ0) is 6.57. The van der Waals surface area contributed by atoms with Gasteiger partial charge in [-0.25, -0.2) is 0 Å². The second kappa shape index (κ2) is 4.30. The zero-order valence-electron chi connectivity index (χ0n) is 4.01. The number of hydrogen-bond acceptors (Lipinski definition) is 2. The Kier molecular flexibility index (Phi) is 4.53. The van der Waals surface area contributed by atoms with Crippen LogP contribution in [0.1, 0.15) is 0 Å². The summed E-state index contributed by atoms with van der Waals surface area (Å²) in [5.41, 5.74) is 0. The molecule has 0 radical (unpaired) electrons. The van der Waals surface area contributed by atoms with E-state index in [2.05, 4.69) is 31.9 Å². The van der Waals surface area contributed by atoms with E-state index >= 15 is 0 Å². The molecule has 8 heavy (non-hydrogen) atoms. The maximum Gasteiger partial charge on any atom is 0.116 e. The van der Waals surface area contributed by atoms with Crippen molar-refractivity contribution >= 4 is 31.9 Å². The fourth-order valence-electron chi connectivity index (χ4n) is 0.173. The molecule has 0 aliphatic carbocycles. The fourth-order valence-corrected chi connectivity index (χ4v) is 0.459. The van der Waals surface area contributed by atoms with Crippen LogP contribution in [0.4, 0.5) is 0 Å². The first-order valence-electron chi connectivity index (χ1n) is 2.01. The van der Waals surface area contributed by atoms with Crippen LogP contribution < -0.4 is 0 Å². The molecule has 0 aliphatic rings. The standard InChI is InChI=1S/C4H5Br2NO/c5-3(1-7)4(6)2-8/h3-4,8H,2H2/t3-,4-/m0/s1. The highest BCUT2D eigenvalue weighted by molar-refractivity contribution is 9.12. The molecule has 0 aliphatic heterocycles. The normalized spacial score (nSPS) is 16.8. The van der Waals surface area contributed by atoms with E-state index in [0.717, 1.165) is 0 Å². The van der Waals surface area contributed by atoms with E-state index in [0.29, 0.717) is 0 Å². The molecule has 0 aromatic heterocycles. The lowest BCUT2D eigenvalue weighted by Gasteiger charge is -2.03. The Labute approximate surface area is 64.8 Å². The predicted octanol–water partition coefficient (Wildman–Crippen LogP) is 1.03. The number of alkyl halides is 2. The van der Waals surface area contributed by atoms with Crippen LogP contribution in [0.2, 0.25) is 0 Å². The Morgan fingerprint density at radius 2 is 2.12 bits per heavy atom. The number of aliphatic hydroxyl groups is 1. The fraction of sp³-hybridized carbons (Fsp3) is 0.750. The minimum absolute atomic E-state index is 0.0243. The van der Waals surface area contributed by atoms with Crippen molar-refractivity contribution in [3.05, 3.63) is 0 Å². The van der Waals surface area contributed by atoms with E-state index in [-0.39, 0.29) is 16.3 Å². The molecule has 0 unspecified atom stereocenters. The third-order valence-electron chi connectivity index (χ3n) is 0.615. The number of nitriles is 1. The van der Waals surface area contributed by atoms with E-state index in [4.69, 9.17) is 10.4 Å². The van der Waals surface area contributed by atoms with Gasteiger partial charge in [0.15, 0.2) is 0 Å². The van der Waals surface area contributed by atoms with Crippen molar-refractivity contribution in [2.75, 3.05) is 6.61 Å². The van der Waals surface area contributed by atoms with Gasteiger partial charge in [-0.15, -0.1) is 0 Å². The summed E-state index contributed by atoms with van der Waals surface area (Å²) in [6, 6.07) is 1.93. The number of halogens is 2. The largest absolute Gasteiger partial charge is 0.395 e. The molecule has 0 aromatic rings. The molecular weight excluding hydrogens is 238 g/mol. The van der Waals surface area contributed by atoms with Crippen LogP contribution in [0.5, 0.6) is 0 Å². The lowest BCUT2D eigenvalue weighted by atomic mass is 10.3. The second-order valence-electron chi connectivity index (χ2n) is 1.23. The molecule has 0 amide bonds. The van der Waals surface area contributed by atoms with Crippen molar-refractivity contribution in [1.29, 1.82) is 5.26 Å². The summed E-state index contributed by atoms with van der Waals surface area (Å²) in [7, 11) is 0. The Morgan fingerprint density at radius 3 is 2.25 bits per heavy atom. The molecule has 0 saturated carbocycles. The summed E-state index contributed by atoms with van der Waals surface area (Å²) in [6.07, 6.45) is 0. The summed E-state index contributed by atoms with van der Waals surface area (Å²) < 4.78 is 0. The molecule has 4 heteroatoms. The summed E-state index contributed by atoms with van der Waals surface area (Å²) >= 11 is 6.12. The van der Waals surface area contributed by atoms with E-state index in [9.17, 15) is 0 Å². The molecule has 0 bridgehead atoms. The van der Waals surface area contributed by atoms with Crippen LogP contribution in [0.3, 0.4) is 0 Å². The van der Waals surface area contributed by atoms with Gasteiger partial charge in [-0.1, -0.05) is 31.9 Å². The van der Waals surface area contributed by atoms with E-state index in [1.807, 2.05) is 6.07 Å². The molecule has 2 atom stereocenters. The highest BCUT2D eigenvalue weighted by Gasteiger charge is 2.12. The van der Waals surface area contributed by atoms with Crippen LogP contribution in [-0.2, 0) is 0 Å². The van der Waals surface area contributed by atoms with Crippen molar-refractivity contribution in [2.45, 2.75) is 9.65 Å². The van der Waals surface area contributed by atoms with E-state index in [1.165, 1.54) is 0 Å². The Hall–Kier alpha value is 0.410. The monoisotopic (exact) mass is 241 g/mol. The van der Waals surface area contributed by atoms with Crippen molar-refractivity contribution in [3.8, 4) is 6.07 Å². The highest BCUT2D eigenvalue weighted by atomic mass is 79.9. The molecular formula is C4H5Br2NO. The average molecular weight is 243 g/mol. The first-order valence-corrected chi connectivity index (χ1v) is 3.84. The Bertz CT molecular complexity index is 101. The van der Waals surface area contributed by atoms with E-state index < -0.39 is 0 Å². The minimum Gasteiger partial charge on any atom is -0.395 e. The summed E-state index contributed by atoms with van der Waals surface area (Å²) in [5.74, 6) is 0. The summed E-state index contributed by atoms with van der Waals surface area (Å²) in [5, 5.41) is 16.6. The molecule has 2 nitrogen and oxygen atoms in total. The van der Waals surface area contributed by atoms with Gasteiger partial charge < -0.3 is 5.11 Å². The van der Waals surface area contributed by atoms with Crippen LogP contribution >= 0.6 is 31.9 Å². The van der Waals surface area contributed by atoms with Gasteiger partial charge in [0.05, 0.1) is 17.5 Å². The van der Waals surface area contributed by atoms with Gasteiger partial charge in [-0.3, -0.25) is 0 Å². The Morgan fingerprint density at radius 1 is 1.62 bits per heavy atom. The third kappa shape index (κ3) is 2.65. The Balaban J connectivity index is 3.49. The molecule has 0 aromatic carbocycles. The predicted molar refractivity (Wildman–Crippen MR) is 38.1 cm³/mol. The van der Waals surface area contributed by atoms with Crippen LogP contribution in [-0.4, -0.2) is 21.4 Å². The van der Waals surface area contributed by atoms with Gasteiger partial charge >= 0.3 is 0 Å². The lowest BCUT2D eigenvalue weighted by molar-refractivity contribution is 0.299. The lowest BCUT2D eigenvalue weighted by Crippen LogP contribution is -2.15. The molecule has 1 N–H and O–H groups in total. The molecule has 0 spiro atoms. The number of hydrogen-bond donors (Lipinski definition) is 1. The third-order valence-corrected chi connectivity index (χ3v) is 2.99. The molecule has 46 valence electrons. The SMILES string of the molecule is N#C[C@H](Br)[C@@H](Br)CO. The molecule has 0 rings (SSSR count). The first-order chi connectivity index (χ1) is 3.72. The van der Waals surface area contributed by atoms with Gasteiger partial charge in [-0.05, 0) is 0 Å². The van der Waals surface area contributed by atoms with Gasteiger partial charge in [-0.2, -0.15) is 5.26 Å². The van der Waals surface area contributed by atoms with Crippen LogP contribution in [0, 0.1) is 11.3 Å². The van der Waals surface area contributed by atoms with Crippen molar-refractivity contribution < 1.29 is 5.11 Å². The van der Waals surface area contributed by atoms with Gasteiger partial charge in [0.2, 0.25) is 0 Å². The second-order valence-corrected chi connectivity index (χ2v) is 3.39. The van der Waals surface area contributed by atoms with Crippen LogP contribution in [0.15, 0.2) is 0 Å². The number of nitrogens with zero attached hydrogens (tertiary/aromatic N) is 1. The zero-order valence-corrected chi connectivity index (χ0v) is 7.18. The smallest absolute Gasteiger partial charge is 0.116 e. The quantitative estimate of drug-likeness (QED) is 0.736. The minimum atomic E-state index is -0.299. The van der Waals surface area contributed by atoms with Crippen LogP contribution in [0.25, 0.3) is 0 Å². The van der Waals surface area contributed by atoms with Crippen molar-refractivity contribution in [1.82, 2.24) is 0 Å². The molecule has 0 fully saturated rings. The first kappa shape index (κ1) is 8.41. The molecule has 0 heterocycles. The number of aliphatic hydroxyl groups excluding tert-OH is 1.